The number of aromatic amines is 2. The summed E-state index contributed by atoms with van der Waals surface area (Å²) in [5.74, 6) is -1.35. The van der Waals surface area contributed by atoms with Crippen LogP contribution in [0.5, 0.6) is 0 Å². The van der Waals surface area contributed by atoms with Crippen LogP contribution in [0.2, 0.25) is 0 Å². The van der Waals surface area contributed by atoms with Gasteiger partial charge in [-0.05, 0) is 12.1 Å². The highest BCUT2D eigenvalue weighted by molar-refractivity contribution is 6.06. The second kappa shape index (κ2) is 5.87. The van der Waals surface area contributed by atoms with Crippen LogP contribution in [0, 0.1) is 0 Å². The summed E-state index contributed by atoms with van der Waals surface area (Å²) in [6.45, 7) is 0. The Bertz CT molecular complexity index is 777. The van der Waals surface area contributed by atoms with Crippen molar-refractivity contribution in [3.8, 4) is 0 Å². The summed E-state index contributed by atoms with van der Waals surface area (Å²) in [7, 11) is 1.22. The molecule has 0 aliphatic heterocycles. The van der Waals surface area contributed by atoms with Crippen molar-refractivity contribution in [2.75, 3.05) is 12.4 Å². The number of H-pyrrole nitrogens is 2. The summed E-state index contributed by atoms with van der Waals surface area (Å²) in [5, 5.41) is 2.43. The number of carbonyl (C=O) groups is 2. The van der Waals surface area contributed by atoms with E-state index in [1.54, 1.807) is 12.1 Å². The number of carbonyl (C=O) groups excluding carboxylic acids is 2. The fourth-order valence-electron chi connectivity index (χ4n) is 1.66. The molecule has 1 heterocycles. The van der Waals surface area contributed by atoms with Crippen molar-refractivity contribution in [1.82, 2.24) is 9.97 Å². The lowest BCUT2D eigenvalue weighted by Gasteiger charge is -2.09. The summed E-state index contributed by atoms with van der Waals surface area (Å²) in [6.07, 6.45) is 0. The largest absolute Gasteiger partial charge is 0.465 e. The van der Waals surface area contributed by atoms with Crippen LogP contribution in [0.4, 0.5) is 5.69 Å². The zero-order valence-corrected chi connectivity index (χ0v) is 10.9. The standard InChI is InChI=1S/C13H11N3O5/c1-21-12(19)7-4-2-3-5-8(7)14-11(18)9-6-10(17)16-13(20)15-9/h2-6H,1H3,(H,14,18)(H2,15,16,17,20). The highest BCUT2D eigenvalue weighted by atomic mass is 16.5. The Balaban J connectivity index is 2.34. The molecule has 2 rings (SSSR count). The first-order valence-corrected chi connectivity index (χ1v) is 5.83. The van der Waals surface area contributed by atoms with Gasteiger partial charge in [0.15, 0.2) is 0 Å². The van der Waals surface area contributed by atoms with E-state index in [2.05, 4.69) is 15.0 Å². The molecule has 8 nitrogen and oxygen atoms in total. The molecule has 0 unspecified atom stereocenters. The zero-order valence-electron chi connectivity index (χ0n) is 10.9. The van der Waals surface area contributed by atoms with E-state index in [9.17, 15) is 19.2 Å². The number of benzene rings is 1. The molecule has 108 valence electrons. The molecule has 0 spiro atoms. The summed E-state index contributed by atoms with van der Waals surface area (Å²) < 4.78 is 4.60. The number of methoxy groups -OCH3 is 1. The molecular weight excluding hydrogens is 278 g/mol. The maximum Gasteiger partial charge on any atom is 0.339 e. The van der Waals surface area contributed by atoms with Gasteiger partial charge in [0.05, 0.1) is 18.4 Å². The fourth-order valence-corrected chi connectivity index (χ4v) is 1.66. The first-order valence-electron chi connectivity index (χ1n) is 5.83. The van der Waals surface area contributed by atoms with Crippen molar-refractivity contribution in [3.63, 3.8) is 0 Å². The number of nitrogens with one attached hydrogen (secondary N) is 3. The van der Waals surface area contributed by atoms with Gasteiger partial charge >= 0.3 is 11.7 Å². The van der Waals surface area contributed by atoms with Gasteiger partial charge in [-0.1, -0.05) is 12.1 Å². The first kappa shape index (κ1) is 14.3. The third-order valence-corrected chi connectivity index (χ3v) is 2.59. The number of aromatic nitrogens is 2. The molecule has 8 heteroatoms. The first-order chi connectivity index (χ1) is 10.0. The number of amides is 1. The number of anilines is 1. The average Bonchev–Trinajstić information content (AvgIpc) is 2.46. The molecule has 0 fully saturated rings. The summed E-state index contributed by atoms with van der Waals surface area (Å²) >= 11 is 0. The second-order valence-corrected chi connectivity index (χ2v) is 3.99. The molecule has 1 aromatic carbocycles. The third-order valence-electron chi connectivity index (χ3n) is 2.59. The molecule has 0 aliphatic rings. The van der Waals surface area contributed by atoms with Crippen LogP contribution in [0.15, 0.2) is 39.9 Å². The van der Waals surface area contributed by atoms with E-state index >= 15 is 0 Å². The van der Waals surface area contributed by atoms with Crippen molar-refractivity contribution in [2.24, 2.45) is 0 Å². The van der Waals surface area contributed by atoms with Gasteiger partial charge in [-0.15, -0.1) is 0 Å². The molecule has 0 atom stereocenters. The molecule has 0 saturated heterocycles. The lowest BCUT2D eigenvalue weighted by atomic mass is 10.1. The predicted octanol–water partition coefficient (Wildman–Crippen LogP) is 0.102. The van der Waals surface area contributed by atoms with E-state index < -0.39 is 23.1 Å². The average molecular weight is 289 g/mol. The highest BCUT2D eigenvalue weighted by Gasteiger charge is 2.15. The molecule has 1 aromatic heterocycles. The van der Waals surface area contributed by atoms with Crippen LogP contribution in [-0.2, 0) is 4.74 Å². The minimum atomic E-state index is -0.797. The van der Waals surface area contributed by atoms with Gasteiger partial charge < -0.3 is 15.0 Å². The molecule has 0 radical (unpaired) electrons. The third kappa shape index (κ3) is 3.24. The smallest absolute Gasteiger partial charge is 0.339 e. The quantitative estimate of drug-likeness (QED) is 0.692. The van der Waals surface area contributed by atoms with Gasteiger partial charge in [-0.25, -0.2) is 9.59 Å². The Hall–Kier alpha value is -3.16. The molecule has 1 amide bonds. The normalized spacial score (nSPS) is 9.95. The van der Waals surface area contributed by atoms with Crippen LogP contribution in [0.25, 0.3) is 0 Å². The fraction of sp³-hybridized carbons (Fsp3) is 0.0769. The topological polar surface area (TPSA) is 121 Å². The SMILES string of the molecule is COC(=O)c1ccccc1NC(=O)c1cc(=O)[nH]c(=O)[nH]1. The highest BCUT2D eigenvalue weighted by Crippen LogP contribution is 2.16. The van der Waals surface area contributed by atoms with Crippen LogP contribution in [0.1, 0.15) is 20.8 Å². The number of esters is 1. The predicted molar refractivity (Wildman–Crippen MR) is 73.4 cm³/mol. The zero-order chi connectivity index (χ0) is 15.4. The Morgan fingerprint density at radius 2 is 1.86 bits per heavy atom. The number of hydrogen-bond donors (Lipinski definition) is 3. The van der Waals surface area contributed by atoms with Crippen molar-refractivity contribution in [3.05, 3.63) is 62.4 Å². The maximum atomic E-state index is 12.0. The minimum absolute atomic E-state index is 0.153. The number of ether oxygens (including phenoxy) is 1. The summed E-state index contributed by atoms with van der Waals surface area (Å²) in [4.78, 5) is 50.0. The Morgan fingerprint density at radius 1 is 1.14 bits per heavy atom. The molecule has 3 N–H and O–H groups in total. The van der Waals surface area contributed by atoms with Gasteiger partial charge in [0.1, 0.15) is 5.69 Å². The molecule has 21 heavy (non-hydrogen) atoms. The summed E-state index contributed by atoms with van der Waals surface area (Å²) in [6, 6.07) is 7.13. The maximum absolute atomic E-state index is 12.0. The minimum Gasteiger partial charge on any atom is -0.465 e. The molecule has 0 aliphatic carbocycles. The van der Waals surface area contributed by atoms with Crippen molar-refractivity contribution >= 4 is 17.6 Å². The Kier molecular flexibility index (Phi) is 3.98. The van der Waals surface area contributed by atoms with Crippen LogP contribution in [-0.4, -0.2) is 29.0 Å². The van der Waals surface area contributed by atoms with Crippen LogP contribution >= 0.6 is 0 Å². The lowest BCUT2D eigenvalue weighted by molar-refractivity contribution is 0.0602. The van der Waals surface area contributed by atoms with Gasteiger partial charge in [0, 0.05) is 6.07 Å². The van der Waals surface area contributed by atoms with Crippen LogP contribution < -0.4 is 16.6 Å². The monoisotopic (exact) mass is 289 g/mol. The summed E-state index contributed by atoms with van der Waals surface area (Å²) in [5.41, 5.74) is -1.36. The van der Waals surface area contributed by atoms with E-state index in [0.29, 0.717) is 0 Å². The van der Waals surface area contributed by atoms with Gasteiger partial charge in [0.25, 0.3) is 11.5 Å². The van der Waals surface area contributed by atoms with Gasteiger partial charge in [-0.2, -0.15) is 0 Å². The Labute approximate surface area is 117 Å². The van der Waals surface area contributed by atoms with E-state index in [1.807, 2.05) is 4.98 Å². The van der Waals surface area contributed by atoms with E-state index in [-0.39, 0.29) is 16.9 Å². The molecule has 0 bridgehead atoms. The number of para-hydroxylation sites is 1. The number of hydrogen-bond acceptors (Lipinski definition) is 5. The van der Waals surface area contributed by atoms with Gasteiger partial charge in [0.2, 0.25) is 0 Å². The van der Waals surface area contributed by atoms with Crippen molar-refractivity contribution < 1.29 is 14.3 Å². The van der Waals surface area contributed by atoms with E-state index in [1.165, 1.54) is 19.2 Å². The molecular formula is C13H11N3O5. The van der Waals surface area contributed by atoms with Crippen LogP contribution in [0.3, 0.4) is 0 Å². The molecule has 2 aromatic rings. The second-order valence-electron chi connectivity index (χ2n) is 3.99. The lowest BCUT2D eigenvalue weighted by Crippen LogP contribution is -2.27. The van der Waals surface area contributed by atoms with Crippen molar-refractivity contribution in [1.29, 1.82) is 0 Å². The molecule has 0 saturated carbocycles. The number of rotatable bonds is 3. The van der Waals surface area contributed by atoms with Gasteiger partial charge in [-0.3, -0.25) is 14.6 Å². The van der Waals surface area contributed by atoms with E-state index in [4.69, 9.17) is 0 Å². The van der Waals surface area contributed by atoms with Crippen molar-refractivity contribution in [2.45, 2.75) is 0 Å². The Morgan fingerprint density at radius 3 is 2.52 bits per heavy atom. The van der Waals surface area contributed by atoms with E-state index in [0.717, 1.165) is 6.07 Å².